The first kappa shape index (κ1) is 12.9. The van der Waals surface area contributed by atoms with Gasteiger partial charge in [0.1, 0.15) is 5.75 Å². The second-order valence-electron chi connectivity index (χ2n) is 3.75. The van der Waals surface area contributed by atoms with Gasteiger partial charge >= 0.3 is 0 Å². The average molecular weight is 226 g/mol. The molecule has 0 aliphatic rings. The topological polar surface area (TPSA) is 48.1 Å². The van der Waals surface area contributed by atoms with Gasteiger partial charge in [0.2, 0.25) is 0 Å². The molecule has 0 amide bonds. The summed E-state index contributed by atoms with van der Waals surface area (Å²) in [6.45, 7) is 2.10. The highest BCUT2D eigenvalue weighted by Crippen LogP contribution is 2.10. The molecular formula is C12H19FN2O. The van der Waals surface area contributed by atoms with Gasteiger partial charge in [-0.1, -0.05) is 6.92 Å². The molecule has 0 saturated heterocycles. The third-order valence-corrected chi connectivity index (χ3v) is 2.34. The van der Waals surface area contributed by atoms with Gasteiger partial charge < -0.3 is 10.5 Å². The van der Waals surface area contributed by atoms with Gasteiger partial charge in [-0.3, -0.25) is 9.37 Å². The molecule has 1 atom stereocenters. The summed E-state index contributed by atoms with van der Waals surface area (Å²) in [7, 11) is 0. The van der Waals surface area contributed by atoms with Gasteiger partial charge in [-0.15, -0.1) is 0 Å². The van der Waals surface area contributed by atoms with E-state index < -0.39 is 0 Å². The molecule has 0 saturated carbocycles. The first-order chi connectivity index (χ1) is 7.76. The molecule has 0 spiro atoms. The van der Waals surface area contributed by atoms with Crippen LogP contribution in [0.15, 0.2) is 18.3 Å². The van der Waals surface area contributed by atoms with Crippen LogP contribution in [0.2, 0.25) is 0 Å². The zero-order chi connectivity index (χ0) is 11.8. The first-order valence-corrected chi connectivity index (χ1v) is 5.65. The molecule has 0 aliphatic heterocycles. The van der Waals surface area contributed by atoms with E-state index in [0.717, 1.165) is 18.5 Å². The number of halogens is 1. The van der Waals surface area contributed by atoms with Gasteiger partial charge in [0.25, 0.3) is 0 Å². The third kappa shape index (κ3) is 4.57. The van der Waals surface area contributed by atoms with Crippen molar-refractivity contribution in [3.8, 4) is 5.75 Å². The lowest BCUT2D eigenvalue weighted by Gasteiger charge is -2.08. The van der Waals surface area contributed by atoms with Crippen LogP contribution in [-0.2, 0) is 6.42 Å². The van der Waals surface area contributed by atoms with Gasteiger partial charge in [-0.05, 0) is 18.6 Å². The molecule has 2 N–H and O–H groups in total. The Balaban J connectivity index is 2.41. The number of ether oxygens (including phenoxy) is 1. The lowest BCUT2D eigenvalue weighted by Crippen LogP contribution is -2.21. The van der Waals surface area contributed by atoms with Crippen molar-refractivity contribution in [1.29, 1.82) is 0 Å². The number of alkyl halides is 1. The van der Waals surface area contributed by atoms with Crippen molar-refractivity contribution in [3.63, 3.8) is 0 Å². The maximum Gasteiger partial charge on any atom is 0.137 e. The number of pyridine rings is 1. The largest absolute Gasteiger partial charge is 0.492 e. The van der Waals surface area contributed by atoms with Gasteiger partial charge in [0.05, 0.1) is 19.5 Å². The molecule has 3 nitrogen and oxygen atoms in total. The van der Waals surface area contributed by atoms with E-state index in [1.807, 2.05) is 12.1 Å². The maximum absolute atomic E-state index is 11.8. The van der Waals surface area contributed by atoms with Crippen LogP contribution in [0.3, 0.4) is 0 Å². The summed E-state index contributed by atoms with van der Waals surface area (Å²) in [6, 6.07) is 3.91. The van der Waals surface area contributed by atoms with E-state index in [9.17, 15) is 4.39 Å². The minimum Gasteiger partial charge on any atom is -0.492 e. The van der Waals surface area contributed by atoms with E-state index in [-0.39, 0.29) is 12.7 Å². The van der Waals surface area contributed by atoms with Crippen molar-refractivity contribution < 1.29 is 9.13 Å². The number of aromatic nitrogens is 1. The molecule has 0 aliphatic carbocycles. The van der Waals surface area contributed by atoms with Crippen LogP contribution in [0.25, 0.3) is 0 Å². The Morgan fingerprint density at radius 3 is 2.88 bits per heavy atom. The van der Waals surface area contributed by atoms with Gasteiger partial charge in [-0.2, -0.15) is 0 Å². The van der Waals surface area contributed by atoms with Crippen LogP contribution in [0.1, 0.15) is 25.5 Å². The first-order valence-electron chi connectivity index (χ1n) is 5.65. The molecule has 1 heterocycles. The molecule has 1 aromatic rings. The average Bonchev–Trinajstić information content (AvgIpc) is 2.31. The Bertz CT molecular complexity index is 290. The van der Waals surface area contributed by atoms with Crippen molar-refractivity contribution >= 4 is 0 Å². The molecule has 0 bridgehead atoms. The fourth-order valence-corrected chi connectivity index (χ4v) is 1.27. The minimum absolute atomic E-state index is 0.158. The molecule has 1 unspecified atom stereocenters. The van der Waals surface area contributed by atoms with Gasteiger partial charge in [-0.25, -0.2) is 0 Å². The summed E-state index contributed by atoms with van der Waals surface area (Å²) in [5, 5.41) is 0. The third-order valence-electron chi connectivity index (χ3n) is 2.34. The SMILES string of the molecule is CCC(N)Cc1ccc(OCCCF)cn1. The standard InChI is InChI=1S/C12H19FN2O/c1-2-10(14)8-11-4-5-12(9-15-11)16-7-3-6-13/h4-5,9-10H,2-3,6-8,14H2,1H3. The minimum atomic E-state index is -0.350. The molecule has 1 aromatic heterocycles. The Labute approximate surface area is 95.8 Å². The smallest absolute Gasteiger partial charge is 0.137 e. The zero-order valence-electron chi connectivity index (χ0n) is 9.66. The van der Waals surface area contributed by atoms with Crippen LogP contribution in [0.4, 0.5) is 4.39 Å². The molecule has 1 rings (SSSR count). The van der Waals surface area contributed by atoms with Crippen molar-refractivity contribution in [1.82, 2.24) is 4.98 Å². The molecule has 0 radical (unpaired) electrons. The molecule has 16 heavy (non-hydrogen) atoms. The van der Waals surface area contributed by atoms with E-state index in [1.165, 1.54) is 0 Å². The van der Waals surface area contributed by atoms with Gasteiger partial charge in [0.15, 0.2) is 0 Å². The van der Waals surface area contributed by atoms with Crippen LogP contribution in [-0.4, -0.2) is 24.3 Å². The summed E-state index contributed by atoms with van der Waals surface area (Å²) in [5.74, 6) is 0.683. The fourth-order valence-electron chi connectivity index (χ4n) is 1.27. The molecule has 0 fully saturated rings. The Kier molecular flexibility index (Phi) is 5.78. The number of nitrogens with two attached hydrogens (primary N) is 1. The fraction of sp³-hybridized carbons (Fsp3) is 0.583. The Morgan fingerprint density at radius 2 is 2.31 bits per heavy atom. The highest BCUT2D eigenvalue weighted by atomic mass is 19.1. The van der Waals surface area contributed by atoms with Crippen LogP contribution >= 0.6 is 0 Å². The van der Waals surface area contributed by atoms with Crippen molar-refractivity contribution in [2.45, 2.75) is 32.2 Å². The number of hydrogen-bond acceptors (Lipinski definition) is 3. The quantitative estimate of drug-likeness (QED) is 0.724. The maximum atomic E-state index is 11.8. The lowest BCUT2D eigenvalue weighted by atomic mass is 10.1. The van der Waals surface area contributed by atoms with Crippen LogP contribution in [0.5, 0.6) is 5.75 Å². The van der Waals surface area contributed by atoms with E-state index in [2.05, 4.69) is 11.9 Å². The summed E-state index contributed by atoms with van der Waals surface area (Å²) >= 11 is 0. The summed E-state index contributed by atoms with van der Waals surface area (Å²) in [4.78, 5) is 4.25. The summed E-state index contributed by atoms with van der Waals surface area (Å²) in [6.07, 6.45) is 3.80. The normalized spacial score (nSPS) is 12.4. The highest BCUT2D eigenvalue weighted by molar-refractivity contribution is 5.20. The van der Waals surface area contributed by atoms with Crippen molar-refractivity contribution in [2.75, 3.05) is 13.3 Å². The zero-order valence-corrected chi connectivity index (χ0v) is 9.66. The van der Waals surface area contributed by atoms with E-state index in [0.29, 0.717) is 18.8 Å². The summed E-state index contributed by atoms with van der Waals surface area (Å²) in [5.41, 5.74) is 6.79. The predicted octanol–water partition coefficient (Wildman–Crippen LogP) is 2.10. The van der Waals surface area contributed by atoms with Crippen LogP contribution < -0.4 is 10.5 Å². The van der Waals surface area contributed by atoms with Crippen molar-refractivity contribution in [3.05, 3.63) is 24.0 Å². The molecular weight excluding hydrogens is 207 g/mol. The monoisotopic (exact) mass is 226 g/mol. The second-order valence-corrected chi connectivity index (χ2v) is 3.75. The Hall–Kier alpha value is -1.16. The molecule has 0 aromatic carbocycles. The second kappa shape index (κ2) is 7.17. The van der Waals surface area contributed by atoms with E-state index in [1.54, 1.807) is 6.20 Å². The molecule has 90 valence electrons. The summed E-state index contributed by atoms with van der Waals surface area (Å²) < 4.78 is 17.1. The number of hydrogen-bond donors (Lipinski definition) is 1. The predicted molar refractivity (Wildman–Crippen MR) is 62.3 cm³/mol. The van der Waals surface area contributed by atoms with Crippen molar-refractivity contribution in [2.24, 2.45) is 5.73 Å². The lowest BCUT2D eigenvalue weighted by molar-refractivity contribution is 0.288. The van der Waals surface area contributed by atoms with E-state index >= 15 is 0 Å². The highest BCUT2D eigenvalue weighted by Gasteiger charge is 2.02. The van der Waals surface area contributed by atoms with E-state index in [4.69, 9.17) is 10.5 Å². The van der Waals surface area contributed by atoms with Crippen LogP contribution in [0, 0.1) is 0 Å². The molecule has 4 heteroatoms. The number of rotatable bonds is 7. The number of nitrogens with zero attached hydrogens (tertiary/aromatic N) is 1. The van der Waals surface area contributed by atoms with Gasteiger partial charge in [0, 0.05) is 24.6 Å². The Morgan fingerprint density at radius 1 is 1.50 bits per heavy atom.